The fourth-order valence-electron chi connectivity index (χ4n) is 8.31. The number of fused-ring (bicyclic) bond motifs is 5. The molecule has 6 rings (SSSR count). The molecule has 2 aliphatic carbocycles. The molecule has 0 N–H and O–H groups in total. The van der Waals surface area contributed by atoms with Crippen LogP contribution >= 0.6 is 0 Å². The molecule has 0 radical (unpaired) electrons. The molecular weight excluding hydrogens is 504 g/mol. The minimum absolute atomic E-state index is 0.00364. The Kier molecular flexibility index (Phi) is 7.98. The number of benzene rings is 1. The van der Waals surface area contributed by atoms with Gasteiger partial charge in [0, 0.05) is 24.2 Å². The van der Waals surface area contributed by atoms with Crippen molar-refractivity contribution in [3.63, 3.8) is 0 Å². The Bertz CT molecular complexity index is 1290. The summed E-state index contributed by atoms with van der Waals surface area (Å²) < 4.78 is 7.17. The van der Waals surface area contributed by atoms with Crippen molar-refractivity contribution in [3.05, 3.63) is 40.3 Å². The van der Waals surface area contributed by atoms with Crippen LogP contribution in [0, 0.1) is 11.8 Å². The van der Waals surface area contributed by atoms with Crippen molar-refractivity contribution in [1.82, 2.24) is 14.5 Å². The Labute approximate surface area is 237 Å². The van der Waals surface area contributed by atoms with E-state index in [-0.39, 0.29) is 35.7 Å². The number of hydrogen-bond acceptors (Lipinski definition) is 7. The van der Waals surface area contributed by atoms with Crippen molar-refractivity contribution in [3.8, 4) is 0 Å². The second-order valence-corrected chi connectivity index (χ2v) is 12.8. The maximum Gasteiger partial charge on any atom is 0.362 e. The summed E-state index contributed by atoms with van der Waals surface area (Å²) in [6, 6.07) is 9.47. The van der Waals surface area contributed by atoms with Crippen molar-refractivity contribution in [1.29, 1.82) is 0 Å². The molecule has 8 nitrogen and oxygen atoms in total. The second kappa shape index (κ2) is 11.6. The van der Waals surface area contributed by atoms with Gasteiger partial charge in [-0.2, -0.15) is 0 Å². The van der Waals surface area contributed by atoms with E-state index in [2.05, 4.69) is 15.0 Å². The summed E-state index contributed by atoms with van der Waals surface area (Å²) in [6.45, 7) is 5.55. The average molecular weight is 549 g/mol. The van der Waals surface area contributed by atoms with E-state index < -0.39 is 5.97 Å². The molecule has 2 saturated heterocycles. The van der Waals surface area contributed by atoms with Gasteiger partial charge in [-0.3, -0.25) is 9.69 Å². The van der Waals surface area contributed by atoms with Gasteiger partial charge < -0.3 is 14.1 Å². The average Bonchev–Trinajstić information content (AvgIpc) is 3.08. The van der Waals surface area contributed by atoms with Crippen LogP contribution in [-0.4, -0.2) is 57.0 Å². The highest BCUT2D eigenvalue weighted by Gasteiger charge is 2.47. The quantitative estimate of drug-likeness (QED) is 0.254. The third-order valence-electron chi connectivity index (χ3n) is 9.75. The first-order valence-electron chi connectivity index (χ1n) is 15.6. The third-order valence-corrected chi connectivity index (χ3v) is 9.75. The van der Waals surface area contributed by atoms with Crippen LogP contribution in [-0.2, 0) is 14.4 Å². The van der Waals surface area contributed by atoms with Crippen LogP contribution in [0.4, 0.5) is 0 Å². The normalized spacial score (nSPS) is 30.9. The van der Waals surface area contributed by atoms with Gasteiger partial charge in [-0.25, -0.2) is 9.78 Å². The van der Waals surface area contributed by atoms with Crippen molar-refractivity contribution in [2.45, 2.75) is 122 Å². The summed E-state index contributed by atoms with van der Waals surface area (Å²) in [7, 11) is 0. The number of carbonyl (C=O) groups excluding carboxylic acids is 1. The lowest BCUT2D eigenvalue weighted by atomic mass is 9.76. The van der Waals surface area contributed by atoms with Gasteiger partial charge in [-0.1, -0.05) is 43.0 Å². The highest BCUT2D eigenvalue weighted by atomic mass is 16.6. The monoisotopic (exact) mass is 548 g/mol. The first kappa shape index (κ1) is 27.4. The summed E-state index contributed by atoms with van der Waals surface area (Å²) in [5, 5.41) is 4.07. The lowest BCUT2D eigenvalue weighted by molar-refractivity contribution is -0.135. The number of oxime groups is 1. The summed E-state index contributed by atoms with van der Waals surface area (Å²) >= 11 is 0. The molecule has 3 heterocycles. The van der Waals surface area contributed by atoms with Crippen LogP contribution in [0.5, 0.6) is 0 Å². The molecule has 4 aliphatic rings. The molecule has 216 valence electrons. The maximum atomic E-state index is 14.2. The fraction of sp³-hybridized carbons (Fsp3) is 0.688. The van der Waals surface area contributed by atoms with Crippen molar-refractivity contribution in [2.24, 2.45) is 17.0 Å². The number of carbonyl (C=O) groups is 1. The highest BCUT2D eigenvalue weighted by Crippen LogP contribution is 2.47. The largest absolute Gasteiger partial charge is 0.461 e. The number of para-hydroxylation sites is 2. The van der Waals surface area contributed by atoms with Crippen molar-refractivity contribution in [2.75, 3.05) is 6.61 Å². The molecule has 4 bridgehead atoms. The molecule has 0 spiro atoms. The van der Waals surface area contributed by atoms with E-state index >= 15 is 0 Å². The van der Waals surface area contributed by atoms with Crippen LogP contribution < -0.4 is 5.56 Å². The second-order valence-electron chi connectivity index (χ2n) is 12.8. The highest BCUT2D eigenvalue weighted by molar-refractivity contribution is 6.42. The molecule has 1 unspecified atom stereocenters. The summed E-state index contributed by atoms with van der Waals surface area (Å²) in [4.78, 5) is 40.1. The van der Waals surface area contributed by atoms with E-state index in [0.29, 0.717) is 23.6 Å². The molecule has 5 atom stereocenters. The Morgan fingerprint density at radius 2 is 1.62 bits per heavy atom. The predicted molar refractivity (Wildman–Crippen MR) is 155 cm³/mol. The van der Waals surface area contributed by atoms with Crippen LogP contribution in [0.15, 0.2) is 34.2 Å². The molecule has 1 aromatic heterocycles. The number of nitrogens with zero attached hydrogens (tertiary/aromatic N) is 4. The Morgan fingerprint density at radius 3 is 2.27 bits per heavy atom. The summed E-state index contributed by atoms with van der Waals surface area (Å²) in [5.41, 5.74) is 1.03. The number of rotatable bonds is 7. The minimum Gasteiger partial charge on any atom is -0.461 e. The standard InChI is InChI=1S/C32H44N4O4/c1-4-39-32(38)30(34-40-20(2)3)29-31(37)36(28-12-8-7-11-27(28)33-29)26-18-23-13-14-24(19-26)35(23)25-16-21-9-5-6-10-22(15-21)17-25/h7-8,11-12,20-26H,4-6,9-10,13-19H2,1-3H3/t21-,22?,23+,24+,25-/m0/s1. The van der Waals surface area contributed by atoms with E-state index in [0.717, 1.165) is 30.2 Å². The molecule has 2 aliphatic heterocycles. The number of aromatic nitrogens is 2. The molecular formula is C32H44N4O4. The Morgan fingerprint density at radius 1 is 0.950 bits per heavy atom. The SMILES string of the molecule is CCOC(=O)C(=NOC(C)C)c1nc2ccccc2n(C2C[C@H]3CC[C@H](C2)N3[C@@H]2CC3CCCC[C@@H](C3)C2)c1=O. The number of ether oxygens (including phenoxy) is 1. The van der Waals surface area contributed by atoms with E-state index in [4.69, 9.17) is 9.57 Å². The van der Waals surface area contributed by atoms with Crippen molar-refractivity contribution >= 4 is 22.7 Å². The van der Waals surface area contributed by atoms with E-state index in [1.54, 1.807) is 6.92 Å². The van der Waals surface area contributed by atoms with Gasteiger partial charge in [0.1, 0.15) is 6.10 Å². The van der Waals surface area contributed by atoms with E-state index in [1.807, 2.05) is 42.7 Å². The van der Waals surface area contributed by atoms with E-state index in [1.165, 1.54) is 57.8 Å². The minimum atomic E-state index is -0.691. The van der Waals surface area contributed by atoms with Gasteiger partial charge >= 0.3 is 5.97 Å². The zero-order valence-corrected chi connectivity index (χ0v) is 24.3. The maximum absolute atomic E-state index is 14.2. The molecule has 40 heavy (non-hydrogen) atoms. The first-order chi connectivity index (χ1) is 19.4. The van der Waals surface area contributed by atoms with Gasteiger partial charge in [0.2, 0.25) is 5.71 Å². The third kappa shape index (κ3) is 5.31. The predicted octanol–water partition coefficient (Wildman–Crippen LogP) is 5.62. The lowest BCUT2D eigenvalue weighted by Crippen LogP contribution is -2.52. The molecule has 2 saturated carbocycles. The molecule has 8 heteroatoms. The molecule has 2 aromatic rings. The zero-order valence-electron chi connectivity index (χ0n) is 24.3. The Hall–Kier alpha value is -2.74. The van der Waals surface area contributed by atoms with Gasteiger partial charge in [-0.15, -0.1) is 0 Å². The number of piperidine rings is 1. The topological polar surface area (TPSA) is 86.0 Å². The van der Waals surface area contributed by atoms with Crippen LogP contribution in [0.2, 0.25) is 0 Å². The van der Waals surface area contributed by atoms with Gasteiger partial charge in [-0.05, 0) is 89.7 Å². The van der Waals surface area contributed by atoms with Crippen LogP contribution in [0.1, 0.15) is 103 Å². The molecule has 1 aromatic carbocycles. The summed E-state index contributed by atoms with van der Waals surface area (Å²) in [6.07, 6.45) is 13.8. The summed E-state index contributed by atoms with van der Waals surface area (Å²) in [5.74, 6) is 1.10. The van der Waals surface area contributed by atoms with Gasteiger partial charge in [0.05, 0.1) is 17.6 Å². The fourth-order valence-corrected chi connectivity index (χ4v) is 8.31. The first-order valence-corrected chi connectivity index (χ1v) is 15.6. The lowest BCUT2D eigenvalue weighted by Gasteiger charge is -2.48. The van der Waals surface area contributed by atoms with Crippen molar-refractivity contribution < 1.29 is 14.4 Å². The zero-order chi connectivity index (χ0) is 27.8. The van der Waals surface area contributed by atoms with Gasteiger partial charge in [0.15, 0.2) is 5.69 Å². The Balaban J connectivity index is 1.34. The molecule has 0 amide bonds. The van der Waals surface area contributed by atoms with Crippen LogP contribution in [0.25, 0.3) is 11.0 Å². The molecule has 4 fully saturated rings. The smallest absolute Gasteiger partial charge is 0.362 e. The van der Waals surface area contributed by atoms with Crippen LogP contribution in [0.3, 0.4) is 0 Å². The van der Waals surface area contributed by atoms with E-state index in [9.17, 15) is 9.59 Å². The number of hydrogen-bond donors (Lipinski definition) is 0. The van der Waals surface area contributed by atoms with Gasteiger partial charge in [0.25, 0.3) is 5.56 Å². The number of esters is 1.